The third-order valence-electron chi connectivity index (χ3n) is 4.95. The van der Waals surface area contributed by atoms with Crippen molar-refractivity contribution >= 4 is 11.6 Å². The molecule has 0 bridgehead atoms. The monoisotopic (exact) mass is 288 g/mol. The first-order valence-corrected chi connectivity index (χ1v) is 7.93. The van der Waals surface area contributed by atoms with Crippen molar-refractivity contribution in [3.05, 3.63) is 23.8 Å². The van der Waals surface area contributed by atoms with Crippen LogP contribution in [0.4, 0.5) is 5.69 Å². The molecule has 0 spiro atoms. The first-order valence-electron chi connectivity index (χ1n) is 7.93. The lowest BCUT2D eigenvalue weighted by Crippen LogP contribution is -2.41. The van der Waals surface area contributed by atoms with E-state index in [1.807, 2.05) is 17.0 Å². The Morgan fingerprint density at radius 2 is 2.24 bits per heavy atom. The van der Waals surface area contributed by atoms with Crippen LogP contribution in [0, 0.1) is 11.8 Å². The molecule has 0 saturated heterocycles. The van der Waals surface area contributed by atoms with Crippen molar-refractivity contribution in [2.24, 2.45) is 17.6 Å². The molecule has 1 aliphatic heterocycles. The first kappa shape index (κ1) is 14.4. The lowest BCUT2D eigenvalue weighted by atomic mass is 9.92. The van der Waals surface area contributed by atoms with E-state index in [-0.39, 0.29) is 11.8 Å². The molecule has 2 unspecified atom stereocenters. The van der Waals surface area contributed by atoms with Crippen LogP contribution in [0.3, 0.4) is 0 Å². The molecule has 1 fully saturated rings. The molecule has 4 nitrogen and oxygen atoms in total. The fourth-order valence-electron chi connectivity index (χ4n) is 3.77. The number of nitrogens with zero attached hydrogens (tertiary/aromatic N) is 1. The Bertz CT molecular complexity index is 530. The SMILES string of the molecule is COc1ccc2c(c1)CCCN2C(=O)C1CCCC1CN. The van der Waals surface area contributed by atoms with Gasteiger partial charge >= 0.3 is 0 Å². The molecule has 1 saturated carbocycles. The number of hydrogen-bond acceptors (Lipinski definition) is 3. The third-order valence-corrected chi connectivity index (χ3v) is 4.95. The van der Waals surface area contributed by atoms with Crippen LogP contribution in [0.15, 0.2) is 18.2 Å². The highest BCUT2D eigenvalue weighted by atomic mass is 16.5. The Morgan fingerprint density at radius 1 is 1.38 bits per heavy atom. The van der Waals surface area contributed by atoms with Crippen molar-refractivity contribution < 1.29 is 9.53 Å². The molecule has 114 valence electrons. The Morgan fingerprint density at radius 3 is 3.00 bits per heavy atom. The van der Waals surface area contributed by atoms with Gasteiger partial charge in [-0.15, -0.1) is 0 Å². The van der Waals surface area contributed by atoms with Gasteiger partial charge in [0.15, 0.2) is 0 Å². The Hall–Kier alpha value is -1.55. The highest BCUT2D eigenvalue weighted by Crippen LogP contribution is 2.36. The maximum Gasteiger partial charge on any atom is 0.230 e. The molecule has 1 aliphatic carbocycles. The second-order valence-corrected chi connectivity index (χ2v) is 6.12. The summed E-state index contributed by atoms with van der Waals surface area (Å²) in [6, 6.07) is 6.03. The number of carbonyl (C=O) groups excluding carboxylic acids is 1. The van der Waals surface area contributed by atoms with E-state index in [0.29, 0.717) is 12.5 Å². The van der Waals surface area contributed by atoms with Crippen molar-refractivity contribution in [2.75, 3.05) is 25.1 Å². The van der Waals surface area contributed by atoms with E-state index >= 15 is 0 Å². The largest absolute Gasteiger partial charge is 0.497 e. The van der Waals surface area contributed by atoms with Gasteiger partial charge in [0.05, 0.1) is 7.11 Å². The summed E-state index contributed by atoms with van der Waals surface area (Å²) in [6.07, 6.45) is 5.24. The van der Waals surface area contributed by atoms with Crippen LogP contribution in [-0.2, 0) is 11.2 Å². The summed E-state index contributed by atoms with van der Waals surface area (Å²) in [7, 11) is 1.68. The van der Waals surface area contributed by atoms with E-state index in [0.717, 1.165) is 50.1 Å². The van der Waals surface area contributed by atoms with Gasteiger partial charge in [0.1, 0.15) is 5.75 Å². The smallest absolute Gasteiger partial charge is 0.230 e. The number of anilines is 1. The zero-order valence-electron chi connectivity index (χ0n) is 12.7. The molecule has 2 aliphatic rings. The Balaban J connectivity index is 1.86. The minimum absolute atomic E-state index is 0.114. The third kappa shape index (κ3) is 2.64. The van der Waals surface area contributed by atoms with E-state index in [4.69, 9.17) is 10.5 Å². The van der Waals surface area contributed by atoms with Crippen LogP contribution in [0.5, 0.6) is 5.75 Å². The van der Waals surface area contributed by atoms with Crippen molar-refractivity contribution in [2.45, 2.75) is 32.1 Å². The number of hydrogen-bond donors (Lipinski definition) is 1. The highest BCUT2D eigenvalue weighted by Gasteiger charge is 2.36. The van der Waals surface area contributed by atoms with Crippen LogP contribution in [0.25, 0.3) is 0 Å². The summed E-state index contributed by atoms with van der Waals surface area (Å²) in [6.45, 7) is 1.45. The number of rotatable bonds is 3. The van der Waals surface area contributed by atoms with E-state index < -0.39 is 0 Å². The van der Waals surface area contributed by atoms with Gasteiger partial charge < -0.3 is 15.4 Å². The quantitative estimate of drug-likeness (QED) is 0.929. The molecule has 21 heavy (non-hydrogen) atoms. The summed E-state index contributed by atoms with van der Waals surface area (Å²) in [5.74, 6) is 1.61. The predicted molar refractivity (Wildman–Crippen MR) is 83.6 cm³/mol. The van der Waals surface area contributed by atoms with Gasteiger partial charge in [-0.2, -0.15) is 0 Å². The number of amides is 1. The highest BCUT2D eigenvalue weighted by molar-refractivity contribution is 5.96. The van der Waals surface area contributed by atoms with Crippen LogP contribution in [-0.4, -0.2) is 26.1 Å². The average molecular weight is 288 g/mol. The number of fused-ring (bicyclic) bond motifs is 1. The van der Waals surface area contributed by atoms with Gasteiger partial charge in [-0.25, -0.2) is 0 Å². The summed E-state index contributed by atoms with van der Waals surface area (Å²) in [5, 5.41) is 0. The van der Waals surface area contributed by atoms with Gasteiger partial charge in [-0.3, -0.25) is 4.79 Å². The Kier molecular flexibility index (Phi) is 4.15. The van der Waals surface area contributed by atoms with E-state index in [1.165, 1.54) is 5.56 Å². The van der Waals surface area contributed by atoms with Gasteiger partial charge in [-0.05, 0) is 61.9 Å². The van der Waals surface area contributed by atoms with Crippen molar-refractivity contribution in [3.8, 4) is 5.75 Å². The normalized spacial score (nSPS) is 24.8. The van der Waals surface area contributed by atoms with Crippen molar-refractivity contribution in [1.82, 2.24) is 0 Å². The topological polar surface area (TPSA) is 55.6 Å². The molecule has 4 heteroatoms. The minimum Gasteiger partial charge on any atom is -0.497 e. The molecular weight excluding hydrogens is 264 g/mol. The van der Waals surface area contributed by atoms with Crippen molar-refractivity contribution in [1.29, 1.82) is 0 Å². The lowest BCUT2D eigenvalue weighted by Gasteiger charge is -2.33. The molecular formula is C17H24N2O2. The fraction of sp³-hybridized carbons (Fsp3) is 0.588. The molecule has 1 heterocycles. The number of aryl methyl sites for hydroxylation is 1. The zero-order chi connectivity index (χ0) is 14.8. The van der Waals surface area contributed by atoms with Crippen LogP contribution < -0.4 is 15.4 Å². The average Bonchev–Trinajstić information content (AvgIpc) is 3.01. The van der Waals surface area contributed by atoms with Gasteiger partial charge in [0.2, 0.25) is 5.91 Å². The summed E-state index contributed by atoms with van der Waals surface area (Å²) >= 11 is 0. The molecule has 1 aromatic carbocycles. The number of nitrogens with two attached hydrogens (primary N) is 1. The maximum absolute atomic E-state index is 12.9. The fourth-order valence-corrected chi connectivity index (χ4v) is 3.77. The Labute approximate surface area is 126 Å². The van der Waals surface area contributed by atoms with Gasteiger partial charge in [-0.1, -0.05) is 6.42 Å². The second kappa shape index (κ2) is 6.06. The second-order valence-electron chi connectivity index (χ2n) is 6.12. The molecule has 0 aromatic heterocycles. The minimum atomic E-state index is 0.114. The van der Waals surface area contributed by atoms with E-state index in [2.05, 4.69) is 6.07 Å². The number of carbonyl (C=O) groups is 1. The number of ether oxygens (including phenoxy) is 1. The zero-order valence-corrected chi connectivity index (χ0v) is 12.7. The van der Waals surface area contributed by atoms with Gasteiger partial charge in [0.25, 0.3) is 0 Å². The van der Waals surface area contributed by atoms with Gasteiger partial charge in [0, 0.05) is 18.2 Å². The number of benzene rings is 1. The standard InChI is InChI=1S/C17H24N2O2/c1-21-14-7-8-16-12(10-14)5-3-9-19(16)17(20)15-6-2-4-13(15)11-18/h7-8,10,13,15H,2-6,9,11,18H2,1H3. The molecule has 2 atom stereocenters. The summed E-state index contributed by atoms with van der Waals surface area (Å²) < 4.78 is 5.29. The molecule has 2 N–H and O–H groups in total. The van der Waals surface area contributed by atoms with Crippen LogP contribution >= 0.6 is 0 Å². The molecule has 1 aromatic rings. The summed E-state index contributed by atoms with van der Waals surface area (Å²) in [4.78, 5) is 14.9. The lowest BCUT2D eigenvalue weighted by molar-refractivity contribution is -0.123. The van der Waals surface area contributed by atoms with Crippen LogP contribution in [0.2, 0.25) is 0 Å². The molecule has 0 radical (unpaired) electrons. The van der Waals surface area contributed by atoms with E-state index in [1.54, 1.807) is 7.11 Å². The summed E-state index contributed by atoms with van der Waals surface area (Å²) in [5.41, 5.74) is 8.12. The van der Waals surface area contributed by atoms with Crippen LogP contribution in [0.1, 0.15) is 31.2 Å². The van der Waals surface area contributed by atoms with E-state index in [9.17, 15) is 4.79 Å². The first-order chi connectivity index (χ1) is 10.2. The van der Waals surface area contributed by atoms with Crippen molar-refractivity contribution in [3.63, 3.8) is 0 Å². The number of methoxy groups -OCH3 is 1. The maximum atomic E-state index is 12.9. The predicted octanol–water partition coefficient (Wildman–Crippen LogP) is 2.35. The molecule has 1 amide bonds. The molecule has 3 rings (SSSR count).